The van der Waals surface area contributed by atoms with Crippen LogP contribution < -0.4 is 5.30 Å². The van der Waals surface area contributed by atoms with Gasteiger partial charge in [0.2, 0.25) is 0 Å². The van der Waals surface area contributed by atoms with Crippen molar-refractivity contribution in [3.05, 3.63) is 29.8 Å². The molecule has 2 heteroatoms. The minimum Gasteiger partial charge on any atom is -0.114 e. The molecule has 0 radical (unpaired) electrons. The Labute approximate surface area is 143 Å². The standard InChI is InChI=1S/C20H30ClP/c1-16-12-14-19(15-13-16)22-20(21,17-8-4-2-5-9-17)18-10-6-3-7-11-18/h12-15,17-18,22H,2-11H2,1H3. The van der Waals surface area contributed by atoms with Crippen LogP contribution in [0.4, 0.5) is 0 Å². The van der Waals surface area contributed by atoms with Crippen molar-refractivity contribution in [3.63, 3.8) is 0 Å². The smallest absolute Gasteiger partial charge is 0.0709 e. The van der Waals surface area contributed by atoms with Gasteiger partial charge in [0, 0.05) is 0 Å². The summed E-state index contributed by atoms with van der Waals surface area (Å²) in [6.07, 6.45) is 13.8. The average Bonchev–Trinajstić information content (AvgIpc) is 2.58. The van der Waals surface area contributed by atoms with E-state index in [1.165, 1.54) is 75.1 Å². The molecule has 0 aromatic heterocycles. The van der Waals surface area contributed by atoms with E-state index in [2.05, 4.69) is 31.2 Å². The van der Waals surface area contributed by atoms with E-state index in [0.29, 0.717) is 0 Å². The summed E-state index contributed by atoms with van der Waals surface area (Å²) < 4.78 is 0.0378. The lowest BCUT2D eigenvalue weighted by atomic mass is 9.76. The van der Waals surface area contributed by atoms with E-state index in [1.807, 2.05) is 0 Å². The summed E-state index contributed by atoms with van der Waals surface area (Å²) in [7, 11) is 0.772. The summed E-state index contributed by atoms with van der Waals surface area (Å²) in [6.45, 7) is 2.17. The largest absolute Gasteiger partial charge is 0.114 e. The Morgan fingerprint density at radius 1 is 0.818 bits per heavy atom. The zero-order valence-electron chi connectivity index (χ0n) is 13.9. The van der Waals surface area contributed by atoms with Crippen molar-refractivity contribution in [1.82, 2.24) is 0 Å². The van der Waals surface area contributed by atoms with Crippen molar-refractivity contribution in [1.29, 1.82) is 0 Å². The Balaban J connectivity index is 1.82. The maximum absolute atomic E-state index is 7.48. The third kappa shape index (κ3) is 3.88. The molecule has 22 heavy (non-hydrogen) atoms. The van der Waals surface area contributed by atoms with Gasteiger partial charge in [-0.3, -0.25) is 0 Å². The molecule has 1 atom stereocenters. The van der Waals surface area contributed by atoms with Crippen molar-refractivity contribution in [2.75, 3.05) is 0 Å². The molecule has 1 unspecified atom stereocenters. The number of hydrogen-bond donors (Lipinski definition) is 0. The molecule has 122 valence electrons. The zero-order chi connectivity index (χ0) is 15.4. The first-order valence-electron chi connectivity index (χ1n) is 9.22. The quantitative estimate of drug-likeness (QED) is 0.441. The number of hydrogen-bond acceptors (Lipinski definition) is 0. The van der Waals surface area contributed by atoms with Gasteiger partial charge < -0.3 is 0 Å². The molecule has 2 aliphatic rings. The second kappa shape index (κ2) is 7.67. The van der Waals surface area contributed by atoms with Crippen molar-refractivity contribution in [3.8, 4) is 0 Å². The molecule has 0 nitrogen and oxygen atoms in total. The van der Waals surface area contributed by atoms with E-state index in [0.717, 1.165) is 20.4 Å². The van der Waals surface area contributed by atoms with E-state index in [-0.39, 0.29) is 4.62 Å². The lowest BCUT2D eigenvalue weighted by Crippen LogP contribution is -2.39. The van der Waals surface area contributed by atoms with Crippen LogP contribution in [-0.4, -0.2) is 4.62 Å². The van der Waals surface area contributed by atoms with E-state index in [4.69, 9.17) is 11.6 Å². The topological polar surface area (TPSA) is 0 Å². The number of benzene rings is 1. The highest BCUT2D eigenvalue weighted by Crippen LogP contribution is 2.55. The predicted octanol–water partition coefficient (Wildman–Crippen LogP) is 6.39. The first kappa shape index (κ1) is 16.8. The third-order valence-electron chi connectivity index (χ3n) is 5.79. The molecule has 0 N–H and O–H groups in total. The fourth-order valence-electron chi connectivity index (χ4n) is 4.44. The highest BCUT2D eigenvalue weighted by molar-refractivity contribution is 7.51. The summed E-state index contributed by atoms with van der Waals surface area (Å²) in [5.74, 6) is 1.48. The number of aryl methyl sites for hydroxylation is 1. The minimum absolute atomic E-state index is 0.0378. The number of alkyl halides is 1. The summed E-state index contributed by atoms with van der Waals surface area (Å²) in [5, 5.41) is 1.47. The van der Waals surface area contributed by atoms with Gasteiger partial charge >= 0.3 is 0 Å². The second-order valence-electron chi connectivity index (χ2n) is 7.43. The van der Waals surface area contributed by atoms with Crippen LogP contribution in [0.3, 0.4) is 0 Å². The van der Waals surface area contributed by atoms with Crippen LogP contribution in [0.25, 0.3) is 0 Å². The number of rotatable bonds is 4. The first-order valence-corrected chi connectivity index (χ1v) is 10.6. The molecule has 1 aromatic rings. The Kier molecular flexibility index (Phi) is 5.85. The van der Waals surface area contributed by atoms with Crippen LogP contribution >= 0.6 is 20.2 Å². The minimum atomic E-state index is 0.0378. The van der Waals surface area contributed by atoms with Crippen molar-refractivity contribution in [2.45, 2.75) is 75.7 Å². The summed E-state index contributed by atoms with van der Waals surface area (Å²) >= 11 is 7.48. The monoisotopic (exact) mass is 336 g/mol. The van der Waals surface area contributed by atoms with Gasteiger partial charge in [0.1, 0.15) is 0 Å². The molecule has 3 rings (SSSR count). The second-order valence-corrected chi connectivity index (χ2v) is 10.0. The summed E-state index contributed by atoms with van der Waals surface area (Å²) in [4.78, 5) is 0. The fourth-order valence-corrected chi connectivity index (χ4v) is 6.97. The predicted molar refractivity (Wildman–Crippen MR) is 101 cm³/mol. The van der Waals surface area contributed by atoms with E-state index >= 15 is 0 Å². The van der Waals surface area contributed by atoms with Crippen molar-refractivity contribution < 1.29 is 0 Å². The van der Waals surface area contributed by atoms with Crippen LogP contribution in [0.15, 0.2) is 24.3 Å². The lowest BCUT2D eigenvalue weighted by molar-refractivity contribution is 0.229. The van der Waals surface area contributed by atoms with Gasteiger partial charge in [-0.15, -0.1) is 11.6 Å². The molecule has 0 amide bonds. The van der Waals surface area contributed by atoms with E-state index in [1.54, 1.807) is 0 Å². The van der Waals surface area contributed by atoms with Gasteiger partial charge in [-0.2, -0.15) is 0 Å². The van der Waals surface area contributed by atoms with Crippen LogP contribution in [0.5, 0.6) is 0 Å². The van der Waals surface area contributed by atoms with Gasteiger partial charge in [-0.05, 0) is 49.7 Å². The van der Waals surface area contributed by atoms with Crippen LogP contribution in [0, 0.1) is 18.8 Å². The molecule has 2 fully saturated rings. The normalized spacial score (nSPS) is 22.5. The SMILES string of the molecule is Cc1ccc(PC(Cl)(C2CCCCC2)C2CCCCC2)cc1. The van der Waals surface area contributed by atoms with Gasteiger partial charge in [-0.25, -0.2) is 0 Å². The highest BCUT2D eigenvalue weighted by atomic mass is 35.5. The lowest BCUT2D eigenvalue weighted by Gasteiger charge is -2.45. The Bertz CT molecular complexity index is 437. The van der Waals surface area contributed by atoms with Gasteiger partial charge in [0.05, 0.1) is 4.62 Å². The van der Waals surface area contributed by atoms with Crippen LogP contribution in [0.2, 0.25) is 0 Å². The van der Waals surface area contributed by atoms with Crippen molar-refractivity contribution in [2.24, 2.45) is 11.8 Å². The molecule has 2 aliphatic carbocycles. The molecular formula is C20H30ClP. The maximum Gasteiger partial charge on any atom is 0.0709 e. The first-order chi connectivity index (χ1) is 10.7. The zero-order valence-corrected chi connectivity index (χ0v) is 15.7. The van der Waals surface area contributed by atoms with Crippen LogP contribution in [-0.2, 0) is 0 Å². The molecule has 0 heterocycles. The summed E-state index contributed by atoms with van der Waals surface area (Å²) in [6, 6.07) is 9.13. The van der Waals surface area contributed by atoms with E-state index in [9.17, 15) is 0 Å². The Morgan fingerprint density at radius 3 is 1.73 bits per heavy atom. The molecule has 0 saturated heterocycles. The number of halogens is 1. The van der Waals surface area contributed by atoms with Crippen molar-refractivity contribution >= 4 is 25.5 Å². The molecule has 0 spiro atoms. The fraction of sp³-hybridized carbons (Fsp3) is 0.700. The Hall–Kier alpha value is -0.0600. The molecule has 0 bridgehead atoms. The molecule has 1 aromatic carbocycles. The van der Waals surface area contributed by atoms with Crippen LogP contribution in [0.1, 0.15) is 69.8 Å². The highest BCUT2D eigenvalue weighted by Gasteiger charge is 2.44. The average molecular weight is 337 g/mol. The summed E-state index contributed by atoms with van der Waals surface area (Å²) in [5.41, 5.74) is 1.35. The third-order valence-corrected chi connectivity index (χ3v) is 8.51. The maximum atomic E-state index is 7.48. The van der Waals surface area contributed by atoms with E-state index < -0.39 is 0 Å². The molecule has 0 aliphatic heterocycles. The Morgan fingerprint density at radius 2 is 1.27 bits per heavy atom. The van der Waals surface area contributed by atoms with Gasteiger partial charge in [0.25, 0.3) is 0 Å². The molecule has 2 saturated carbocycles. The van der Waals surface area contributed by atoms with Gasteiger partial charge in [0.15, 0.2) is 0 Å². The van der Waals surface area contributed by atoms with Gasteiger partial charge in [-0.1, -0.05) is 76.9 Å². The molecular weight excluding hydrogens is 307 g/mol.